The largest absolute Gasteiger partial charge is 0.361 e. The first-order valence-electron chi connectivity index (χ1n) is 10.8. The van der Waals surface area contributed by atoms with Crippen LogP contribution in [0.15, 0.2) is 64.0 Å². The molecule has 0 aliphatic carbocycles. The van der Waals surface area contributed by atoms with E-state index >= 15 is 0 Å². The molecule has 0 bridgehead atoms. The van der Waals surface area contributed by atoms with Crippen molar-refractivity contribution >= 4 is 17.7 Å². The monoisotopic (exact) mass is 435 g/mol. The molecule has 162 valence electrons. The number of aromatic nitrogens is 1. The third-order valence-electron chi connectivity index (χ3n) is 5.91. The van der Waals surface area contributed by atoms with Crippen molar-refractivity contribution in [2.24, 2.45) is 0 Å². The minimum Gasteiger partial charge on any atom is -0.361 e. The molecule has 0 radical (unpaired) electrons. The van der Waals surface area contributed by atoms with E-state index in [4.69, 9.17) is 4.52 Å². The van der Waals surface area contributed by atoms with Gasteiger partial charge in [-0.15, -0.1) is 11.8 Å². The van der Waals surface area contributed by atoms with E-state index < -0.39 is 0 Å². The Hall–Kier alpha value is -2.57. The van der Waals surface area contributed by atoms with Gasteiger partial charge in [0.1, 0.15) is 5.76 Å². The maximum Gasteiger partial charge on any atom is 0.252 e. The summed E-state index contributed by atoms with van der Waals surface area (Å²) in [6.07, 6.45) is 2.44. The van der Waals surface area contributed by atoms with Gasteiger partial charge >= 0.3 is 0 Å². The van der Waals surface area contributed by atoms with Gasteiger partial charge in [0.25, 0.3) is 5.91 Å². The summed E-state index contributed by atoms with van der Waals surface area (Å²) >= 11 is 1.65. The average Bonchev–Trinajstić information content (AvgIpc) is 3.44. The zero-order valence-corrected chi connectivity index (χ0v) is 19.0. The van der Waals surface area contributed by atoms with Crippen molar-refractivity contribution in [1.29, 1.82) is 0 Å². The Balaban J connectivity index is 1.45. The maximum atomic E-state index is 13.1. The van der Waals surface area contributed by atoms with Gasteiger partial charge in [-0.25, -0.2) is 0 Å². The van der Waals surface area contributed by atoms with Gasteiger partial charge in [-0.3, -0.25) is 9.69 Å². The SMILES string of the molecule is Cc1noc(C)c1CSc1ccccc1C(=O)NCC(c1ccccc1)N1CCCC1. The van der Waals surface area contributed by atoms with Crippen LogP contribution in [0.5, 0.6) is 0 Å². The lowest BCUT2D eigenvalue weighted by Crippen LogP contribution is -2.37. The van der Waals surface area contributed by atoms with Crippen molar-refractivity contribution in [3.63, 3.8) is 0 Å². The zero-order valence-electron chi connectivity index (χ0n) is 18.1. The van der Waals surface area contributed by atoms with E-state index in [1.165, 1.54) is 18.4 Å². The van der Waals surface area contributed by atoms with Crippen LogP contribution < -0.4 is 5.32 Å². The van der Waals surface area contributed by atoms with Crippen molar-refractivity contribution < 1.29 is 9.32 Å². The van der Waals surface area contributed by atoms with Gasteiger partial charge in [0.05, 0.1) is 17.3 Å². The molecule has 1 amide bonds. The number of carbonyl (C=O) groups excluding carboxylic acids is 1. The third kappa shape index (κ3) is 5.20. The smallest absolute Gasteiger partial charge is 0.252 e. The lowest BCUT2D eigenvalue weighted by atomic mass is 10.1. The summed E-state index contributed by atoms with van der Waals surface area (Å²) in [4.78, 5) is 16.6. The molecule has 1 atom stereocenters. The molecular formula is C25H29N3O2S. The maximum absolute atomic E-state index is 13.1. The molecule has 1 fully saturated rings. The van der Waals surface area contributed by atoms with Crippen LogP contribution in [-0.4, -0.2) is 35.6 Å². The number of hydrogen-bond donors (Lipinski definition) is 1. The van der Waals surface area contributed by atoms with Crippen LogP contribution in [0.3, 0.4) is 0 Å². The molecule has 2 aromatic carbocycles. The van der Waals surface area contributed by atoms with Crippen LogP contribution in [0.1, 0.15) is 51.8 Å². The van der Waals surface area contributed by atoms with E-state index in [1.807, 2.05) is 44.2 Å². The van der Waals surface area contributed by atoms with Crippen LogP contribution in [0.2, 0.25) is 0 Å². The first-order valence-corrected chi connectivity index (χ1v) is 11.8. The summed E-state index contributed by atoms with van der Waals surface area (Å²) in [6, 6.07) is 18.5. The number of hydrogen-bond acceptors (Lipinski definition) is 5. The highest BCUT2D eigenvalue weighted by Crippen LogP contribution is 2.29. The molecule has 5 nitrogen and oxygen atoms in total. The first kappa shape index (κ1) is 21.7. The predicted octanol–water partition coefficient (Wildman–Crippen LogP) is 5.15. The second kappa shape index (κ2) is 10.2. The van der Waals surface area contributed by atoms with Gasteiger partial charge < -0.3 is 9.84 Å². The van der Waals surface area contributed by atoms with Gasteiger partial charge in [0.2, 0.25) is 0 Å². The predicted molar refractivity (Wildman–Crippen MR) is 124 cm³/mol. The Bertz CT molecular complexity index is 993. The third-order valence-corrected chi connectivity index (χ3v) is 7.01. The number of carbonyl (C=O) groups is 1. The van der Waals surface area contributed by atoms with Crippen molar-refractivity contribution in [2.45, 2.75) is 43.4 Å². The number of rotatable bonds is 8. The number of aryl methyl sites for hydroxylation is 2. The summed E-state index contributed by atoms with van der Waals surface area (Å²) in [7, 11) is 0. The van der Waals surface area contributed by atoms with E-state index in [1.54, 1.807) is 11.8 Å². The minimum absolute atomic E-state index is 0.0259. The quantitative estimate of drug-likeness (QED) is 0.496. The van der Waals surface area contributed by atoms with E-state index in [9.17, 15) is 4.79 Å². The highest BCUT2D eigenvalue weighted by atomic mass is 32.2. The number of thioether (sulfide) groups is 1. The molecule has 1 N–H and O–H groups in total. The summed E-state index contributed by atoms with van der Waals surface area (Å²) in [5.41, 5.74) is 3.97. The molecule has 3 aromatic rings. The molecule has 0 spiro atoms. The lowest BCUT2D eigenvalue weighted by Gasteiger charge is -2.28. The standard InChI is InChI=1S/C25H29N3O2S/c1-18-22(19(2)30-27-18)17-31-24-13-7-6-12-21(24)25(29)26-16-23(28-14-8-9-15-28)20-10-4-3-5-11-20/h3-7,10-13,23H,8-9,14-17H2,1-2H3,(H,26,29). The zero-order chi connectivity index (χ0) is 21.6. The highest BCUT2D eigenvalue weighted by Gasteiger charge is 2.24. The molecule has 1 saturated heterocycles. The Kier molecular flexibility index (Phi) is 7.10. The number of nitrogens with one attached hydrogen (secondary N) is 1. The topological polar surface area (TPSA) is 58.4 Å². The lowest BCUT2D eigenvalue weighted by molar-refractivity contribution is 0.0935. The Morgan fingerprint density at radius 1 is 1.10 bits per heavy atom. The van der Waals surface area contributed by atoms with E-state index in [2.05, 4.69) is 39.6 Å². The number of amides is 1. The van der Waals surface area contributed by atoms with Crippen LogP contribution in [0.4, 0.5) is 0 Å². The Labute approximate surface area is 188 Å². The second-order valence-corrected chi connectivity index (χ2v) is 8.98. The van der Waals surface area contributed by atoms with Gasteiger partial charge in [0, 0.05) is 22.8 Å². The molecular weight excluding hydrogens is 406 g/mol. The van der Waals surface area contributed by atoms with Gasteiger partial charge in [-0.05, 0) is 57.5 Å². The van der Waals surface area contributed by atoms with Crippen LogP contribution >= 0.6 is 11.8 Å². The molecule has 2 heterocycles. The Morgan fingerprint density at radius 2 is 1.81 bits per heavy atom. The van der Waals surface area contributed by atoms with Crippen LogP contribution in [0.25, 0.3) is 0 Å². The van der Waals surface area contributed by atoms with Gasteiger partial charge in [0.15, 0.2) is 0 Å². The number of likely N-dealkylation sites (tertiary alicyclic amines) is 1. The van der Waals surface area contributed by atoms with Crippen LogP contribution in [-0.2, 0) is 5.75 Å². The fraction of sp³-hybridized carbons (Fsp3) is 0.360. The highest BCUT2D eigenvalue weighted by molar-refractivity contribution is 7.98. The Morgan fingerprint density at radius 3 is 2.52 bits per heavy atom. The fourth-order valence-electron chi connectivity index (χ4n) is 4.11. The number of benzene rings is 2. The van der Waals surface area contributed by atoms with Crippen molar-refractivity contribution in [2.75, 3.05) is 19.6 Å². The van der Waals surface area contributed by atoms with E-state index in [0.29, 0.717) is 12.1 Å². The van der Waals surface area contributed by atoms with Gasteiger partial charge in [-0.1, -0.05) is 47.6 Å². The fourth-order valence-corrected chi connectivity index (χ4v) is 5.31. The first-order chi connectivity index (χ1) is 15.1. The molecule has 1 aliphatic heterocycles. The van der Waals surface area contributed by atoms with Crippen molar-refractivity contribution in [1.82, 2.24) is 15.4 Å². The molecule has 1 unspecified atom stereocenters. The summed E-state index contributed by atoms with van der Waals surface area (Å²) in [5, 5.41) is 7.24. The van der Waals surface area contributed by atoms with E-state index in [-0.39, 0.29) is 11.9 Å². The van der Waals surface area contributed by atoms with Crippen molar-refractivity contribution in [3.05, 3.63) is 82.7 Å². The normalized spacial score (nSPS) is 15.2. The molecule has 0 saturated carbocycles. The van der Waals surface area contributed by atoms with Crippen molar-refractivity contribution in [3.8, 4) is 0 Å². The van der Waals surface area contributed by atoms with Crippen LogP contribution in [0, 0.1) is 13.8 Å². The number of nitrogens with zero attached hydrogens (tertiary/aromatic N) is 2. The minimum atomic E-state index is -0.0259. The summed E-state index contributed by atoms with van der Waals surface area (Å²) in [5.74, 6) is 1.54. The van der Waals surface area contributed by atoms with Gasteiger partial charge in [-0.2, -0.15) is 0 Å². The molecule has 1 aliphatic rings. The molecule has 1 aromatic heterocycles. The second-order valence-electron chi connectivity index (χ2n) is 7.97. The van der Waals surface area contributed by atoms with E-state index in [0.717, 1.165) is 40.8 Å². The average molecular weight is 436 g/mol. The summed E-state index contributed by atoms with van der Waals surface area (Å²) in [6.45, 7) is 6.65. The molecule has 6 heteroatoms. The summed E-state index contributed by atoms with van der Waals surface area (Å²) < 4.78 is 5.27. The molecule has 31 heavy (non-hydrogen) atoms. The molecule has 4 rings (SSSR count).